The van der Waals surface area contributed by atoms with E-state index in [4.69, 9.17) is 0 Å². The van der Waals surface area contributed by atoms with Crippen molar-refractivity contribution in [2.24, 2.45) is 5.92 Å². The lowest BCUT2D eigenvalue weighted by Gasteiger charge is -2.22. The van der Waals surface area contributed by atoms with Crippen molar-refractivity contribution in [3.8, 4) is 0 Å². The van der Waals surface area contributed by atoms with Crippen molar-refractivity contribution in [3.05, 3.63) is 34.9 Å². The third kappa shape index (κ3) is 6.34. The molecule has 24 heavy (non-hydrogen) atoms. The van der Waals surface area contributed by atoms with Gasteiger partial charge in [0.2, 0.25) is 0 Å². The molecule has 0 aromatic heterocycles. The zero-order chi connectivity index (χ0) is 18.1. The molecule has 0 unspecified atom stereocenters. The summed E-state index contributed by atoms with van der Waals surface area (Å²) in [6, 6.07) is 5.43. The van der Waals surface area contributed by atoms with Crippen molar-refractivity contribution in [3.63, 3.8) is 0 Å². The monoisotopic (exact) mass is 332 g/mol. The minimum atomic E-state index is -0.106. The van der Waals surface area contributed by atoms with Gasteiger partial charge in [-0.25, -0.2) is 0 Å². The Hall–Kier alpha value is -1.84. The Morgan fingerprint density at radius 3 is 2.17 bits per heavy atom. The molecule has 4 heteroatoms. The van der Waals surface area contributed by atoms with Crippen LogP contribution in [-0.4, -0.2) is 36.3 Å². The van der Waals surface area contributed by atoms with Crippen LogP contribution >= 0.6 is 0 Å². The molecule has 0 heterocycles. The molecule has 0 spiro atoms. The molecule has 0 aliphatic rings. The fourth-order valence-electron chi connectivity index (χ4n) is 2.65. The largest absolute Gasteiger partial charge is 0.352 e. The first-order valence-corrected chi connectivity index (χ1v) is 9.08. The lowest BCUT2D eigenvalue weighted by atomic mass is 10.0. The Morgan fingerprint density at radius 1 is 1.04 bits per heavy atom. The number of hydrogen-bond donors (Lipinski definition) is 1. The topological polar surface area (TPSA) is 49.4 Å². The molecule has 0 saturated carbocycles. The quantitative estimate of drug-likeness (QED) is 0.742. The van der Waals surface area contributed by atoms with Gasteiger partial charge in [-0.15, -0.1) is 0 Å². The summed E-state index contributed by atoms with van der Waals surface area (Å²) in [5.41, 5.74) is 2.10. The number of amides is 2. The van der Waals surface area contributed by atoms with E-state index in [1.165, 1.54) is 0 Å². The number of nitrogens with zero attached hydrogens (tertiary/aromatic N) is 1. The molecular formula is C20H32N2O2. The van der Waals surface area contributed by atoms with E-state index in [1.807, 2.05) is 24.0 Å². The molecule has 2 amide bonds. The number of aryl methyl sites for hydroxylation is 1. The van der Waals surface area contributed by atoms with Gasteiger partial charge in [-0.1, -0.05) is 27.7 Å². The Bertz CT molecular complexity index is 547. The molecule has 0 fully saturated rings. The molecule has 0 radical (unpaired) electrons. The van der Waals surface area contributed by atoms with Crippen LogP contribution in [0.5, 0.6) is 0 Å². The second kappa shape index (κ2) is 10.1. The van der Waals surface area contributed by atoms with E-state index in [2.05, 4.69) is 33.0 Å². The van der Waals surface area contributed by atoms with Crippen molar-refractivity contribution < 1.29 is 9.59 Å². The highest BCUT2D eigenvalue weighted by atomic mass is 16.2. The molecule has 1 N–H and O–H groups in total. The summed E-state index contributed by atoms with van der Waals surface area (Å²) in [7, 11) is 0. The molecule has 1 aromatic rings. The molecule has 0 bridgehead atoms. The zero-order valence-electron chi connectivity index (χ0n) is 15.8. The molecule has 0 aliphatic carbocycles. The molecule has 0 aliphatic heterocycles. The van der Waals surface area contributed by atoms with Crippen molar-refractivity contribution in [2.45, 2.75) is 53.9 Å². The lowest BCUT2D eigenvalue weighted by Crippen LogP contribution is -2.33. The van der Waals surface area contributed by atoms with Crippen molar-refractivity contribution in [1.82, 2.24) is 10.2 Å². The average Bonchev–Trinajstić information content (AvgIpc) is 2.53. The maximum atomic E-state index is 12.7. The molecule has 134 valence electrons. The zero-order valence-corrected chi connectivity index (χ0v) is 15.8. The van der Waals surface area contributed by atoms with E-state index >= 15 is 0 Å². The standard InChI is InChI=1S/C20H32N2O2/c1-6-10-22(11-7-2)20(24)18-13-16(5)12-17(14-18)19(23)21-9-8-15(3)4/h12-15H,6-11H2,1-5H3,(H,21,23). The average molecular weight is 332 g/mol. The van der Waals surface area contributed by atoms with Gasteiger partial charge in [-0.2, -0.15) is 0 Å². The normalized spacial score (nSPS) is 10.8. The van der Waals surface area contributed by atoms with Gasteiger partial charge in [-0.3, -0.25) is 9.59 Å². The lowest BCUT2D eigenvalue weighted by molar-refractivity contribution is 0.0755. The van der Waals surface area contributed by atoms with E-state index in [-0.39, 0.29) is 11.8 Å². The van der Waals surface area contributed by atoms with Gasteiger partial charge in [-0.05, 0) is 55.9 Å². The van der Waals surface area contributed by atoms with Gasteiger partial charge in [0.1, 0.15) is 0 Å². The summed E-state index contributed by atoms with van der Waals surface area (Å²) in [4.78, 5) is 27.0. The van der Waals surface area contributed by atoms with E-state index < -0.39 is 0 Å². The molecule has 1 rings (SSSR count). The van der Waals surface area contributed by atoms with Crippen molar-refractivity contribution in [1.29, 1.82) is 0 Å². The number of carbonyl (C=O) groups excluding carboxylic acids is 2. The fourth-order valence-corrected chi connectivity index (χ4v) is 2.65. The van der Waals surface area contributed by atoms with Crippen LogP contribution in [0, 0.1) is 12.8 Å². The highest BCUT2D eigenvalue weighted by Gasteiger charge is 2.17. The first kappa shape index (κ1) is 20.2. The second-order valence-electron chi connectivity index (χ2n) is 6.82. The van der Waals surface area contributed by atoms with E-state index in [0.29, 0.717) is 23.6 Å². The van der Waals surface area contributed by atoms with Crippen LogP contribution in [0.2, 0.25) is 0 Å². The minimum absolute atomic E-state index is 0.0126. The van der Waals surface area contributed by atoms with Crippen LogP contribution in [0.3, 0.4) is 0 Å². The smallest absolute Gasteiger partial charge is 0.253 e. The highest BCUT2D eigenvalue weighted by Crippen LogP contribution is 2.13. The predicted molar refractivity (Wildman–Crippen MR) is 99.5 cm³/mol. The Labute approximate surface area is 146 Å². The third-order valence-electron chi connectivity index (χ3n) is 3.87. The van der Waals surface area contributed by atoms with E-state index in [9.17, 15) is 9.59 Å². The maximum absolute atomic E-state index is 12.7. The predicted octanol–water partition coefficient (Wildman–Crippen LogP) is 4.03. The van der Waals surface area contributed by atoms with Gasteiger partial charge in [0.05, 0.1) is 0 Å². The van der Waals surface area contributed by atoms with E-state index in [0.717, 1.165) is 37.9 Å². The maximum Gasteiger partial charge on any atom is 0.253 e. The summed E-state index contributed by atoms with van der Waals surface area (Å²) in [6.45, 7) is 12.5. The number of hydrogen-bond acceptors (Lipinski definition) is 2. The second-order valence-corrected chi connectivity index (χ2v) is 6.82. The van der Waals surface area contributed by atoms with E-state index in [1.54, 1.807) is 6.07 Å². The highest BCUT2D eigenvalue weighted by molar-refractivity contribution is 6.00. The van der Waals surface area contributed by atoms with Crippen LogP contribution in [0.15, 0.2) is 18.2 Å². The van der Waals surface area contributed by atoms with Crippen LogP contribution in [-0.2, 0) is 0 Å². The first-order valence-electron chi connectivity index (χ1n) is 9.08. The Balaban J connectivity index is 2.91. The van der Waals surface area contributed by atoms with Gasteiger partial charge in [0.25, 0.3) is 11.8 Å². The Morgan fingerprint density at radius 2 is 1.62 bits per heavy atom. The summed E-state index contributed by atoms with van der Waals surface area (Å²) >= 11 is 0. The molecule has 0 saturated heterocycles. The number of carbonyl (C=O) groups is 2. The molecule has 4 nitrogen and oxygen atoms in total. The van der Waals surface area contributed by atoms with Gasteiger partial charge >= 0.3 is 0 Å². The van der Waals surface area contributed by atoms with Crippen LogP contribution < -0.4 is 5.32 Å². The van der Waals surface area contributed by atoms with Crippen LogP contribution in [0.1, 0.15) is 73.2 Å². The number of rotatable bonds is 9. The SMILES string of the molecule is CCCN(CCC)C(=O)c1cc(C)cc(C(=O)NCCC(C)C)c1. The number of benzene rings is 1. The summed E-state index contributed by atoms with van der Waals surface area (Å²) in [5.74, 6) is 0.459. The Kier molecular flexibility index (Phi) is 8.51. The van der Waals surface area contributed by atoms with Crippen molar-refractivity contribution in [2.75, 3.05) is 19.6 Å². The van der Waals surface area contributed by atoms with Crippen LogP contribution in [0.25, 0.3) is 0 Å². The summed E-state index contributed by atoms with van der Waals surface area (Å²) < 4.78 is 0. The fraction of sp³-hybridized carbons (Fsp3) is 0.600. The molecule has 1 aromatic carbocycles. The first-order chi connectivity index (χ1) is 11.4. The summed E-state index contributed by atoms with van der Waals surface area (Å²) in [5, 5.41) is 2.94. The summed E-state index contributed by atoms with van der Waals surface area (Å²) in [6.07, 6.45) is 2.81. The van der Waals surface area contributed by atoms with Gasteiger partial charge in [0.15, 0.2) is 0 Å². The molecular weight excluding hydrogens is 300 g/mol. The third-order valence-corrected chi connectivity index (χ3v) is 3.87. The van der Waals surface area contributed by atoms with Crippen molar-refractivity contribution >= 4 is 11.8 Å². The molecule has 0 atom stereocenters. The van der Waals surface area contributed by atoms with Crippen LogP contribution in [0.4, 0.5) is 0 Å². The number of nitrogens with one attached hydrogen (secondary N) is 1. The van der Waals surface area contributed by atoms with Gasteiger partial charge < -0.3 is 10.2 Å². The van der Waals surface area contributed by atoms with Gasteiger partial charge in [0, 0.05) is 30.8 Å². The minimum Gasteiger partial charge on any atom is -0.352 e.